The van der Waals surface area contributed by atoms with Crippen LogP contribution in [0.3, 0.4) is 0 Å². The Kier molecular flexibility index (Phi) is 5.04. The largest absolute Gasteiger partial charge is 0.376 e. The minimum Gasteiger partial charge on any atom is -0.376 e. The van der Waals surface area contributed by atoms with Crippen LogP contribution < -0.4 is 5.32 Å². The maximum absolute atomic E-state index is 12.1. The Hall–Kier alpha value is -1.47. The zero-order chi connectivity index (χ0) is 15.4. The quantitative estimate of drug-likeness (QED) is 0.846. The van der Waals surface area contributed by atoms with Crippen molar-refractivity contribution in [1.82, 2.24) is 20.4 Å². The summed E-state index contributed by atoms with van der Waals surface area (Å²) < 4.78 is 10.7. The van der Waals surface area contributed by atoms with Crippen LogP contribution in [-0.4, -0.2) is 53.3 Å². The minimum atomic E-state index is 0.0432. The van der Waals surface area contributed by atoms with Crippen LogP contribution in [0.25, 0.3) is 0 Å². The molecule has 0 bridgehead atoms. The first kappa shape index (κ1) is 15.4. The van der Waals surface area contributed by atoms with Crippen LogP contribution in [-0.2, 0) is 16.0 Å². The zero-order valence-corrected chi connectivity index (χ0v) is 13.1. The van der Waals surface area contributed by atoms with Crippen molar-refractivity contribution in [2.45, 2.75) is 51.2 Å². The van der Waals surface area contributed by atoms with Gasteiger partial charge < -0.3 is 14.6 Å². The second kappa shape index (κ2) is 7.19. The number of nitrogens with one attached hydrogen (secondary N) is 1. The van der Waals surface area contributed by atoms with Crippen LogP contribution in [0.5, 0.6) is 0 Å². The van der Waals surface area contributed by atoms with Gasteiger partial charge in [-0.05, 0) is 32.2 Å². The maximum atomic E-state index is 12.1. The number of aryl methyl sites for hydroxylation is 1. The zero-order valence-electron chi connectivity index (χ0n) is 13.1. The molecule has 0 radical (unpaired) electrons. The lowest BCUT2D eigenvalue weighted by molar-refractivity contribution is -0.123. The SMILES string of the molecule is CCc1nc(C2CCCN2CC(=O)NCC2CCCO2)no1. The van der Waals surface area contributed by atoms with E-state index < -0.39 is 0 Å². The third kappa shape index (κ3) is 3.64. The Morgan fingerprint density at radius 3 is 3.05 bits per heavy atom. The van der Waals surface area contributed by atoms with Crippen LogP contribution >= 0.6 is 0 Å². The van der Waals surface area contributed by atoms with Gasteiger partial charge in [0.1, 0.15) is 0 Å². The monoisotopic (exact) mass is 308 g/mol. The number of nitrogens with zero attached hydrogens (tertiary/aromatic N) is 3. The molecule has 3 heterocycles. The highest BCUT2D eigenvalue weighted by molar-refractivity contribution is 5.78. The molecule has 0 aliphatic carbocycles. The highest BCUT2D eigenvalue weighted by Crippen LogP contribution is 2.29. The van der Waals surface area contributed by atoms with E-state index in [-0.39, 0.29) is 18.1 Å². The number of carbonyl (C=O) groups excluding carboxylic acids is 1. The van der Waals surface area contributed by atoms with Gasteiger partial charge in [-0.25, -0.2) is 0 Å². The summed E-state index contributed by atoms with van der Waals surface area (Å²) in [5.74, 6) is 1.41. The van der Waals surface area contributed by atoms with Gasteiger partial charge in [0, 0.05) is 19.6 Å². The fraction of sp³-hybridized carbons (Fsp3) is 0.800. The highest BCUT2D eigenvalue weighted by atomic mass is 16.5. The van der Waals surface area contributed by atoms with Crippen molar-refractivity contribution in [1.29, 1.82) is 0 Å². The molecule has 0 spiro atoms. The molecule has 122 valence electrons. The van der Waals surface area contributed by atoms with Crippen LogP contribution in [0.1, 0.15) is 50.4 Å². The minimum absolute atomic E-state index is 0.0432. The predicted octanol–water partition coefficient (Wildman–Crippen LogP) is 1.06. The highest BCUT2D eigenvalue weighted by Gasteiger charge is 2.31. The van der Waals surface area contributed by atoms with Gasteiger partial charge in [-0.15, -0.1) is 0 Å². The normalized spacial score (nSPS) is 25.7. The lowest BCUT2D eigenvalue weighted by atomic mass is 10.2. The molecule has 22 heavy (non-hydrogen) atoms. The molecule has 0 saturated carbocycles. The van der Waals surface area contributed by atoms with Crippen LogP contribution in [0.2, 0.25) is 0 Å². The molecular formula is C15H24N4O3. The van der Waals surface area contributed by atoms with Crippen molar-refractivity contribution in [2.24, 2.45) is 0 Å². The van der Waals surface area contributed by atoms with E-state index in [9.17, 15) is 4.79 Å². The molecule has 7 nitrogen and oxygen atoms in total. The van der Waals surface area contributed by atoms with Gasteiger partial charge >= 0.3 is 0 Å². The number of aromatic nitrogens is 2. The molecule has 1 aromatic rings. The van der Waals surface area contributed by atoms with Crippen molar-refractivity contribution in [3.8, 4) is 0 Å². The first-order valence-corrected chi connectivity index (χ1v) is 8.21. The Morgan fingerprint density at radius 1 is 1.41 bits per heavy atom. The number of hydrogen-bond donors (Lipinski definition) is 1. The van der Waals surface area contributed by atoms with E-state index in [1.165, 1.54) is 0 Å². The molecule has 7 heteroatoms. The Morgan fingerprint density at radius 2 is 2.32 bits per heavy atom. The van der Waals surface area contributed by atoms with E-state index in [4.69, 9.17) is 9.26 Å². The molecule has 2 aliphatic heterocycles. The van der Waals surface area contributed by atoms with Crippen molar-refractivity contribution in [3.05, 3.63) is 11.7 Å². The second-order valence-electron chi connectivity index (χ2n) is 5.97. The van der Waals surface area contributed by atoms with Gasteiger partial charge in [-0.3, -0.25) is 9.69 Å². The van der Waals surface area contributed by atoms with Gasteiger partial charge in [0.25, 0.3) is 0 Å². The van der Waals surface area contributed by atoms with Crippen molar-refractivity contribution in [3.63, 3.8) is 0 Å². The van der Waals surface area contributed by atoms with Crippen molar-refractivity contribution in [2.75, 3.05) is 26.2 Å². The first-order valence-electron chi connectivity index (χ1n) is 8.21. The number of carbonyl (C=O) groups is 1. The van der Waals surface area contributed by atoms with Crippen LogP contribution in [0.15, 0.2) is 4.52 Å². The average molecular weight is 308 g/mol. The molecular weight excluding hydrogens is 284 g/mol. The smallest absolute Gasteiger partial charge is 0.234 e. The second-order valence-corrected chi connectivity index (χ2v) is 5.97. The number of ether oxygens (including phenoxy) is 1. The predicted molar refractivity (Wildman–Crippen MR) is 79.2 cm³/mol. The van der Waals surface area contributed by atoms with Gasteiger partial charge in [0.15, 0.2) is 5.82 Å². The average Bonchev–Trinajstić information content (AvgIpc) is 3.26. The number of likely N-dealkylation sites (tertiary alicyclic amines) is 1. The molecule has 2 saturated heterocycles. The van der Waals surface area contributed by atoms with Gasteiger partial charge in [-0.2, -0.15) is 4.98 Å². The number of hydrogen-bond acceptors (Lipinski definition) is 6. The van der Waals surface area contributed by atoms with E-state index >= 15 is 0 Å². The van der Waals surface area contributed by atoms with Crippen molar-refractivity contribution >= 4 is 5.91 Å². The topological polar surface area (TPSA) is 80.5 Å². The number of amides is 1. The standard InChI is InChI=1S/C15H24N4O3/c1-2-14-17-15(18-22-14)12-6-3-7-19(12)10-13(20)16-9-11-5-4-8-21-11/h11-12H,2-10H2,1H3,(H,16,20). The fourth-order valence-corrected chi connectivity index (χ4v) is 3.13. The molecule has 0 aromatic carbocycles. The van der Waals surface area contributed by atoms with E-state index in [1.54, 1.807) is 0 Å². The Bertz CT molecular complexity index is 499. The summed E-state index contributed by atoms with van der Waals surface area (Å²) in [7, 11) is 0. The first-order chi connectivity index (χ1) is 10.8. The molecule has 3 rings (SSSR count). The summed E-state index contributed by atoms with van der Waals surface area (Å²) in [5, 5.41) is 7.03. The molecule has 2 fully saturated rings. The lowest BCUT2D eigenvalue weighted by Gasteiger charge is -2.21. The van der Waals surface area contributed by atoms with Gasteiger partial charge in [0.05, 0.1) is 18.7 Å². The summed E-state index contributed by atoms with van der Waals surface area (Å²) in [6.45, 7) is 4.69. The van der Waals surface area contributed by atoms with Gasteiger partial charge in [-0.1, -0.05) is 12.1 Å². The van der Waals surface area contributed by atoms with Crippen molar-refractivity contribution < 1.29 is 14.1 Å². The molecule has 2 aliphatic rings. The van der Waals surface area contributed by atoms with E-state index in [1.807, 2.05) is 6.92 Å². The van der Waals surface area contributed by atoms with E-state index in [0.717, 1.165) is 45.3 Å². The number of rotatable bonds is 6. The Labute approximate surface area is 130 Å². The third-order valence-corrected chi connectivity index (χ3v) is 4.35. The van der Waals surface area contributed by atoms with Gasteiger partial charge in [0.2, 0.25) is 11.8 Å². The summed E-state index contributed by atoms with van der Waals surface area (Å²) >= 11 is 0. The summed E-state index contributed by atoms with van der Waals surface area (Å²) in [5.41, 5.74) is 0. The Balaban J connectivity index is 1.50. The lowest BCUT2D eigenvalue weighted by Crippen LogP contribution is -2.40. The van der Waals surface area contributed by atoms with Crippen LogP contribution in [0.4, 0.5) is 0 Å². The van der Waals surface area contributed by atoms with Crippen LogP contribution in [0, 0.1) is 0 Å². The molecule has 1 amide bonds. The summed E-state index contributed by atoms with van der Waals surface area (Å²) in [6, 6.07) is 0.0949. The maximum Gasteiger partial charge on any atom is 0.234 e. The summed E-state index contributed by atoms with van der Waals surface area (Å²) in [6.07, 6.45) is 5.08. The van der Waals surface area contributed by atoms with E-state index in [2.05, 4.69) is 20.4 Å². The summed E-state index contributed by atoms with van der Waals surface area (Å²) in [4.78, 5) is 18.7. The fourth-order valence-electron chi connectivity index (χ4n) is 3.13. The molecule has 2 unspecified atom stereocenters. The third-order valence-electron chi connectivity index (χ3n) is 4.35. The van der Waals surface area contributed by atoms with E-state index in [0.29, 0.717) is 24.8 Å². The molecule has 1 aromatic heterocycles. The molecule has 1 N–H and O–H groups in total. The molecule has 2 atom stereocenters.